The number of carbonyl (C=O) groups excluding carboxylic acids is 1. The molecule has 1 amide bonds. The van der Waals surface area contributed by atoms with Crippen LogP contribution in [0.3, 0.4) is 0 Å². The molecule has 0 aromatic heterocycles. The summed E-state index contributed by atoms with van der Waals surface area (Å²) in [6.07, 6.45) is 39.0. The lowest BCUT2D eigenvalue weighted by Crippen LogP contribution is -2.66. The number of aliphatic hydroxyl groups excluding tert-OH is 11. The van der Waals surface area contributed by atoms with Crippen LogP contribution in [-0.4, -0.2) is 193 Å². The number of aliphatic hydroxyl groups is 11. The number of amides is 1. The summed E-state index contributed by atoms with van der Waals surface area (Å²) in [6.45, 7) is 1.58. The Bertz CT molecular complexity index is 1920. The molecule has 3 aliphatic heterocycles. The minimum atomic E-state index is -1.99. The average molecular weight is 1280 g/mol. The number of unbranched alkanes of at least 4 members (excludes halogenated alkanes) is 27. The zero-order valence-electron chi connectivity index (χ0n) is 55.1. The van der Waals surface area contributed by atoms with Crippen LogP contribution in [0.2, 0.25) is 0 Å². The monoisotopic (exact) mass is 1280 g/mol. The van der Waals surface area contributed by atoms with Crippen LogP contribution in [0, 0.1) is 0 Å². The van der Waals surface area contributed by atoms with Gasteiger partial charge in [0.15, 0.2) is 18.9 Å². The minimum absolute atomic E-state index is 0.162. The summed E-state index contributed by atoms with van der Waals surface area (Å²) in [6, 6.07) is -1.01. The van der Waals surface area contributed by atoms with Gasteiger partial charge in [0.25, 0.3) is 0 Å². The predicted octanol–water partition coefficient (Wildman–Crippen LogP) is 9.33. The zero-order chi connectivity index (χ0) is 65.4. The van der Waals surface area contributed by atoms with E-state index in [0.29, 0.717) is 12.8 Å². The zero-order valence-corrected chi connectivity index (χ0v) is 55.1. The summed E-state index contributed by atoms with van der Waals surface area (Å²) in [5, 5.41) is 120. The van der Waals surface area contributed by atoms with Crippen molar-refractivity contribution in [2.75, 3.05) is 26.4 Å². The molecule has 0 aliphatic carbocycles. The summed E-state index contributed by atoms with van der Waals surface area (Å²) < 4.78 is 34.3. The Kier molecular flexibility index (Phi) is 47.5. The second kappa shape index (κ2) is 52.5. The average Bonchev–Trinajstić information content (AvgIpc) is 0.847. The number of ether oxygens (including phenoxy) is 6. The Labute approximate surface area is 540 Å². The normalized spacial score (nSPS) is 28.5. The van der Waals surface area contributed by atoms with Crippen molar-refractivity contribution in [2.45, 2.75) is 343 Å². The van der Waals surface area contributed by atoms with E-state index in [1.54, 1.807) is 6.08 Å². The molecule has 19 nitrogen and oxygen atoms in total. The number of hydrogen-bond donors (Lipinski definition) is 12. The molecule has 3 saturated heterocycles. The Morgan fingerprint density at radius 3 is 1.19 bits per heavy atom. The quantitative estimate of drug-likeness (QED) is 0.0199. The molecular weight excluding hydrogens is 1150 g/mol. The van der Waals surface area contributed by atoms with Crippen molar-refractivity contribution in [3.8, 4) is 0 Å². The highest BCUT2D eigenvalue weighted by Crippen LogP contribution is 2.33. The van der Waals surface area contributed by atoms with E-state index in [1.165, 1.54) is 148 Å². The van der Waals surface area contributed by atoms with Gasteiger partial charge in [-0.25, -0.2) is 0 Å². The maximum Gasteiger partial charge on any atom is 0.220 e. The fourth-order valence-corrected chi connectivity index (χ4v) is 11.6. The third-order valence-corrected chi connectivity index (χ3v) is 17.3. The highest BCUT2D eigenvalue weighted by atomic mass is 16.8. The standard InChI is InChI=1S/C71H125NO18/c1-3-5-7-9-11-13-15-17-19-21-22-23-24-25-26-27-28-29-30-31-33-34-36-38-40-42-44-46-48-55(76)54(72-59(77)49-47-45-43-41-39-37-35-32-20-18-16-14-12-10-8-6-4-2)53-85-69-65(83)62(80)67(57(51-74)87-69)90-71-66(84)63(81)68(58(52-75)88-71)89-70-64(82)61(79)60(78)56(50-73)86-70/h6,8,12,14,18,20,35,37,41,43,46,48,54-58,60-71,73-76,78-84H,3-5,7,9-11,13,15-17,19,21-34,36,38-40,42,44-45,47,49-53H2,1-2H3,(H,72,77)/b8-6-,14-12-,20-18-,37-35-,43-41-,48-46+. The minimum Gasteiger partial charge on any atom is -0.394 e. The smallest absolute Gasteiger partial charge is 0.220 e. The first-order valence-corrected chi connectivity index (χ1v) is 35.2. The van der Waals surface area contributed by atoms with Crippen LogP contribution in [0.25, 0.3) is 0 Å². The van der Waals surface area contributed by atoms with Crippen molar-refractivity contribution in [1.82, 2.24) is 5.32 Å². The van der Waals surface area contributed by atoms with Crippen molar-refractivity contribution < 1.29 is 89.4 Å². The Morgan fingerprint density at radius 1 is 0.411 bits per heavy atom. The van der Waals surface area contributed by atoms with Crippen LogP contribution in [0.4, 0.5) is 0 Å². The molecule has 0 saturated carbocycles. The number of carbonyl (C=O) groups is 1. The highest BCUT2D eigenvalue weighted by Gasteiger charge is 2.53. The van der Waals surface area contributed by atoms with E-state index in [1.807, 2.05) is 12.2 Å². The molecule has 17 atom stereocenters. The van der Waals surface area contributed by atoms with Crippen molar-refractivity contribution in [3.05, 3.63) is 72.9 Å². The second-order valence-corrected chi connectivity index (χ2v) is 25.0. The first-order valence-electron chi connectivity index (χ1n) is 35.2. The molecule has 17 unspecified atom stereocenters. The molecule has 3 aliphatic rings. The van der Waals surface area contributed by atoms with E-state index in [2.05, 4.69) is 73.8 Å². The van der Waals surface area contributed by atoms with Crippen LogP contribution in [0.1, 0.15) is 239 Å². The summed E-state index contributed by atoms with van der Waals surface area (Å²) in [4.78, 5) is 13.4. The molecule has 0 spiro atoms. The molecule has 3 fully saturated rings. The molecule has 90 heavy (non-hydrogen) atoms. The van der Waals surface area contributed by atoms with Crippen LogP contribution >= 0.6 is 0 Å². The van der Waals surface area contributed by atoms with Crippen molar-refractivity contribution in [1.29, 1.82) is 0 Å². The predicted molar refractivity (Wildman–Crippen MR) is 351 cm³/mol. The van der Waals surface area contributed by atoms with Crippen LogP contribution < -0.4 is 5.32 Å². The highest BCUT2D eigenvalue weighted by molar-refractivity contribution is 5.76. The van der Waals surface area contributed by atoms with Gasteiger partial charge < -0.3 is 89.9 Å². The van der Waals surface area contributed by atoms with Crippen LogP contribution in [0.5, 0.6) is 0 Å². The Balaban J connectivity index is 1.43. The molecule has 0 aromatic rings. The summed E-state index contributed by atoms with van der Waals surface area (Å²) in [7, 11) is 0. The molecule has 522 valence electrons. The summed E-state index contributed by atoms with van der Waals surface area (Å²) in [5.41, 5.74) is 0. The maximum absolute atomic E-state index is 13.4. The van der Waals surface area contributed by atoms with E-state index in [9.17, 15) is 61.0 Å². The lowest BCUT2D eigenvalue weighted by Gasteiger charge is -2.48. The third-order valence-electron chi connectivity index (χ3n) is 17.3. The fourth-order valence-electron chi connectivity index (χ4n) is 11.6. The Hall–Kier alpha value is -2.77. The SMILES string of the molecule is CC/C=C\C/C=C\C/C=C\C/C=C\C/C=C\CCCC(=O)NC(COC1OC(CO)C(OC2OC(CO)C(OC3OC(CO)C(O)C(O)C3O)C(O)C2O)C(O)C1O)C(O)/C=C/CCCCCCCCCCCCCCCCCCCCCCCCCCCC. The Morgan fingerprint density at radius 2 is 0.767 bits per heavy atom. The molecule has 19 heteroatoms. The lowest BCUT2D eigenvalue weighted by molar-refractivity contribution is -0.379. The van der Waals surface area contributed by atoms with Crippen molar-refractivity contribution in [3.63, 3.8) is 0 Å². The van der Waals surface area contributed by atoms with E-state index in [4.69, 9.17) is 28.4 Å². The summed E-state index contributed by atoms with van der Waals surface area (Å²) in [5.74, 6) is -0.333. The molecule has 0 radical (unpaired) electrons. The lowest BCUT2D eigenvalue weighted by atomic mass is 9.96. The molecule has 3 heterocycles. The second-order valence-electron chi connectivity index (χ2n) is 25.0. The summed E-state index contributed by atoms with van der Waals surface area (Å²) >= 11 is 0. The van der Waals surface area contributed by atoms with Gasteiger partial charge in [0, 0.05) is 6.42 Å². The van der Waals surface area contributed by atoms with Gasteiger partial charge in [-0.2, -0.15) is 0 Å². The van der Waals surface area contributed by atoms with Gasteiger partial charge in [0.2, 0.25) is 5.91 Å². The maximum atomic E-state index is 13.4. The number of nitrogens with one attached hydrogen (secondary N) is 1. The molecule has 3 rings (SSSR count). The third kappa shape index (κ3) is 34.1. The van der Waals surface area contributed by atoms with E-state index < -0.39 is 124 Å². The molecule has 0 aromatic carbocycles. The molecular formula is C71H125NO18. The van der Waals surface area contributed by atoms with E-state index >= 15 is 0 Å². The first kappa shape index (κ1) is 81.5. The van der Waals surface area contributed by atoms with Crippen LogP contribution in [0.15, 0.2) is 72.9 Å². The number of allylic oxidation sites excluding steroid dienone is 11. The number of rotatable bonds is 53. The van der Waals surface area contributed by atoms with Gasteiger partial charge in [0.05, 0.1) is 38.6 Å². The van der Waals surface area contributed by atoms with Gasteiger partial charge in [-0.3, -0.25) is 4.79 Å². The van der Waals surface area contributed by atoms with Gasteiger partial charge in [-0.15, -0.1) is 0 Å². The first-order chi connectivity index (χ1) is 43.8. The van der Waals surface area contributed by atoms with Crippen molar-refractivity contribution >= 4 is 5.91 Å². The van der Waals surface area contributed by atoms with Gasteiger partial charge in [-0.1, -0.05) is 247 Å². The topological polar surface area (TPSA) is 307 Å². The molecule has 12 N–H and O–H groups in total. The van der Waals surface area contributed by atoms with Crippen LogP contribution in [-0.2, 0) is 33.2 Å². The molecule has 0 bridgehead atoms. The van der Waals surface area contributed by atoms with Crippen molar-refractivity contribution in [2.24, 2.45) is 0 Å². The van der Waals surface area contributed by atoms with E-state index in [0.717, 1.165) is 57.8 Å². The fraction of sp³-hybridized carbons (Fsp3) is 0.817. The van der Waals surface area contributed by atoms with Gasteiger partial charge in [-0.05, 0) is 57.8 Å². The number of hydrogen-bond acceptors (Lipinski definition) is 18. The van der Waals surface area contributed by atoms with E-state index in [-0.39, 0.29) is 18.9 Å². The van der Waals surface area contributed by atoms with Gasteiger partial charge in [0.1, 0.15) is 73.2 Å². The largest absolute Gasteiger partial charge is 0.394 e. The van der Waals surface area contributed by atoms with Gasteiger partial charge >= 0.3 is 0 Å².